The highest BCUT2D eigenvalue weighted by Crippen LogP contribution is 2.30. The van der Waals surface area contributed by atoms with Gasteiger partial charge in [-0.15, -0.1) is 0 Å². The van der Waals surface area contributed by atoms with Gasteiger partial charge in [0.25, 0.3) is 0 Å². The second kappa shape index (κ2) is 4.92. The number of nitrogens with two attached hydrogens (primary N) is 1. The van der Waals surface area contributed by atoms with Crippen LogP contribution in [0, 0.1) is 5.92 Å². The van der Waals surface area contributed by atoms with Crippen LogP contribution in [0.5, 0.6) is 5.75 Å². The van der Waals surface area contributed by atoms with E-state index in [0.29, 0.717) is 5.92 Å². The highest BCUT2D eigenvalue weighted by atomic mass is 16.5. The summed E-state index contributed by atoms with van der Waals surface area (Å²) >= 11 is 0. The van der Waals surface area contributed by atoms with Crippen LogP contribution in [0.1, 0.15) is 20.8 Å². The fourth-order valence-electron chi connectivity index (χ4n) is 2.13. The van der Waals surface area contributed by atoms with Crippen LogP contribution in [0.3, 0.4) is 0 Å². The summed E-state index contributed by atoms with van der Waals surface area (Å²) in [5, 5.41) is 0. The summed E-state index contributed by atoms with van der Waals surface area (Å²) in [6.45, 7) is 8.03. The van der Waals surface area contributed by atoms with E-state index in [2.05, 4.69) is 16.8 Å². The second-order valence-corrected chi connectivity index (χ2v) is 5.04. The van der Waals surface area contributed by atoms with E-state index in [0.717, 1.165) is 24.7 Å². The second-order valence-electron chi connectivity index (χ2n) is 5.04. The number of nitrogens with zero attached hydrogens (tertiary/aromatic N) is 2. The van der Waals surface area contributed by atoms with Gasteiger partial charge in [-0.3, -0.25) is 0 Å². The largest absolute Gasteiger partial charge is 0.487 e. The Morgan fingerprint density at radius 2 is 2.24 bits per heavy atom. The lowest BCUT2D eigenvalue weighted by Crippen LogP contribution is -2.29. The van der Waals surface area contributed by atoms with E-state index in [1.807, 2.05) is 26.0 Å². The molecule has 1 aliphatic rings. The minimum Gasteiger partial charge on any atom is -0.487 e. The molecular formula is C13H21N3O. The number of hydrogen-bond donors (Lipinski definition) is 1. The van der Waals surface area contributed by atoms with E-state index in [1.165, 1.54) is 0 Å². The van der Waals surface area contributed by atoms with Gasteiger partial charge in [-0.2, -0.15) is 0 Å². The van der Waals surface area contributed by atoms with Crippen LogP contribution < -0.4 is 15.4 Å². The van der Waals surface area contributed by atoms with Crippen molar-refractivity contribution in [2.24, 2.45) is 11.7 Å². The van der Waals surface area contributed by atoms with Crippen LogP contribution in [0.2, 0.25) is 0 Å². The highest BCUT2D eigenvalue weighted by Gasteiger charge is 2.29. The molecule has 0 radical (unpaired) electrons. The lowest BCUT2D eigenvalue weighted by molar-refractivity contribution is 0.242. The van der Waals surface area contributed by atoms with Crippen molar-refractivity contribution in [3.8, 4) is 5.75 Å². The molecule has 2 heterocycles. The summed E-state index contributed by atoms with van der Waals surface area (Å²) in [7, 11) is 0. The highest BCUT2D eigenvalue weighted by molar-refractivity contribution is 5.53. The van der Waals surface area contributed by atoms with Crippen molar-refractivity contribution in [1.82, 2.24) is 4.98 Å². The zero-order valence-electron chi connectivity index (χ0n) is 10.8. The minimum absolute atomic E-state index is 0.159. The summed E-state index contributed by atoms with van der Waals surface area (Å²) in [4.78, 5) is 6.64. The van der Waals surface area contributed by atoms with Gasteiger partial charge in [0, 0.05) is 25.3 Å². The molecule has 0 aromatic carbocycles. The molecule has 0 spiro atoms. The van der Waals surface area contributed by atoms with E-state index in [4.69, 9.17) is 10.5 Å². The molecule has 2 N–H and O–H groups in total. The summed E-state index contributed by atoms with van der Waals surface area (Å²) in [6.07, 6.45) is 1.96. The molecule has 1 aliphatic heterocycles. The van der Waals surface area contributed by atoms with Gasteiger partial charge in [-0.25, -0.2) is 4.98 Å². The Morgan fingerprint density at radius 3 is 2.82 bits per heavy atom. The first-order valence-corrected chi connectivity index (χ1v) is 6.20. The standard InChI is InChI=1S/C13H21N3O/c1-9(2)17-12-5-4-6-15-13(12)16-7-10(3)11(14)8-16/h4-6,9-11H,7-8,14H2,1-3H3. The molecular weight excluding hydrogens is 214 g/mol. The zero-order chi connectivity index (χ0) is 12.4. The molecule has 1 saturated heterocycles. The van der Waals surface area contributed by atoms with Crippen LogP contribution in [0.4, 0.5) is 5.82 Å². The third-order valence-corrected chi connectivity index (χ3v) is 3.08. The average molecular weight is 235 g/mol. The Bertz CT molecular complexity index is 371. The maximum Gasteiger partial charge on any atom is 0.171 e. The third-order valence-electron chi connectivity index (χ3n) is 3.08. The first-order valence-electron chi connectivity index (χ1n) is 6.20. The topological polar surface area (TPSA) is 51.4 Å². The molecule has 0 amide bonds. The molecule has 1 aromatic heterocycles. The number of aromatic nitrogens is 1. The van der Waals surface area contributed by atoms with Gasteiger partial charge in [-0.1, -0.05) is 6.92 Å². The molecule has 0 aliphatic carbocycles. The molecule has 2 rings (SSSR count). The normalized spacial score (nSPS) is 24.4. The van der Waals surface area contributed by atoms with Crippen molar-refractivity contribution in [2.75, 3.05) is 18.0 Å². The van der Waals surface area contributed by atoms with E-state index < -0.39 is 0 Å². The van der Waals surface area contributed by atoms with Gasteiger partial charge in [0.1, 0.15) is 0 Å². The van der Waals surface area contributed by atoms with Crippen LogP contribution in [0.25, 0.3) is 0 Å². The van der Waals surface area contributed by atoms with Crippen molar-refractivity contribution in [3.63, 3.8) is 0 Å². The van der Waals surface area contributed by atoms with Crippen molar-refractivity contribution in [1.29, 1.82) is 0 Å². The van der Waals surface area contributed by atoms with Gasteiger partial charge in [0.15, 0.2) is 11.6 Å². The summed E-state index contributed by atoms with van der Waals surface area (Å²) in [5.41, 5.74) is 6.05. The number of pyridine rings is 1. The molecule has 17 heavy (non-hydrogen) atoms. The maximum absolute atomic E-state index is 6.05. The predicted molar refractivity (Wildman–Crippen MR) is 69.4 cm³/mol. The monoisotopic (exact) mass is 235 g/mol. The minimum atomic E-state index is 0.159. The first kappa shape index (κ1) is 12.2. The van der Waals surface area contributed by atoms with Gasteiger partial charge in [0.05, 0.1) is 6.10 Å². The van der Waals surface area contributed by atoms with Gasteiger partial charge in [0.2, 0.25) is 0 Å². The molecule has 4 nitrogen and oxygen atoms in total. The van der Waals surface area contributed by atoms with Gasteiger partial charge >= 0.3 is 0 Å². The Morgan fingerprint density at radius 1 is 1.47 bits per heavy atom. The molecule has 1 fully saturated rings. The number of rotatable bonds is 3. The van der Waals surface area contributed by atoms with Crippen molar-refractivity contribution in [2.45, 2.75) is 32.9 Å². The first-order chi connectivity index (χ1) is 8.08. The molecule has 0 saturated carbocycles. The lowest BCUT2D eigenvalue weighted by Gasteiger charge is -2.21. The molecule has 4 heteroatoms. The quantitative estimate of drug-likeness (QED) is 0.865. The van der Waals surface area contributed by atoms with Crippen LogP contribution in [-0.4, -0.2) is 30.2 Å². The Balaban J connectivity index is 2.20. The summed E-state index contributed by atoms with van der Waals surface area (Å²) in [5.74, 6) is 2.27. The fraction of sp³-hybridized carbons (Fsp3) is 0.615. The Hall–Kier alpha value is -1.29. The smallest absolute Gasteiger partial charge is 0.171 e. The van der Waals surface area contributed by atoms with Gasteiger partial charge < -0.3 is 15.4 Å². The van der Waals surface area contributed by atoms with E-state index in [9.17, 15) is 0 Å². The Kier molecular flexibility index (Phi) is 3.52. The average Bonchev–Trinajstić information content (AvgIpc) is 2.59. The van der Waals surface area contributed by atoms with Gasteiger partial charge in [-0.05, 0) is 31.9 Å². The summed E-state index contributed by atoms with van der Waals surface area (Å²) < 4.78 is 5.78. The molecule has 94 valence electrons. The number of ether oxygens (including phenoxy) is 1. The zero-order valence-corrected chi connectivity index (χ0v) is 10.8. The molecule has 2 atom stereocenters. The maximum atomic E-state index is 6.05. The van der Waals surface area contributed by atoms with Crippen molar-refractivity contribution >= 4 is 5.82 Å². The SMILES string of the molecule is CC(C)Oc1cccnc1N1CC(C)C(N)C1. The van der Waals surface area contributed by atoms with Crippen LogP contribution >= 0.6 is 0 Å². The summed E-state index contributed by atoms with van der Waals surface area (Å²) in [6, 6.07) is 4.10. The van der Waals surface area contributed by atoms with E-state index in [1.54, 1.807) is 6.20 Å². The van der Waals surface area contributed by atoms with Crippen molar-refractivity contribution in [3.05, 3.63) is 18.3 Å². The lowest BCUT2D eigenvalue weighted by atomic mass is 10.1. The number of anilines is 1. The van der Waals surface area contributed by atoms with Crippen molar-refractivity contribution < 1.29 is 4.74 Å². The third kappa shape index (κ3) is 2.69. The van der Waals surface area contributed by atoms with Crippen LogP contribution in [0.15, 0.2) is 18.3 Å². The number of hydrogen-bond acceptors (Lipinski definition) is 4. The van der Waals surface area contributed by atoms with Crippen LogP contribution in [-0.2, 0) is 0 Å². The van der Waals surface area contributed by atoms with E-state index in [-0.39, 0.29) is 12.1 Å². The van der Waals surface area contributed by atoms with E-state index >= 15 is 0 Å². The predicted octanol–water partition coefficient (Wildman–Crippen LogP) is 1.65. The Labute approximate surface area is 103 Å². The molecule has 2 unspecified atom stereocenters. The molecule has 0 bridgehead atoms. The fourth-order valence-corrected chi connectivity index (χ4v) is 2.13. The molecule has 1 aromatic rings.